The Morgan fingerprint density at radius 3 is 2.75 bits per heavy atom. The van der Waals surface area contributed by atoms with Crippen LogP contribution < -0.4 is 5.32 Å². The van der Waals surface area contributed by atoms with Crippen LogP contribution in [0.1, 0.15) is 43.4 Å². The molecule has 2 aliphatic carbocycles. The van der Waals surface area contributed by atoms with Gasteiger partial charge in [0.2, 0.25) is 0 Å². The van der Waals surface area contributed by atoms with Crippen LogP contribution in [0, 0.1) is 5.92 Å². The minimum Gasteiger partial charge on any atom is -0.311 e. The maximum absolute atomic E-state index is 3.89. The van der Waals surface area contributed by atoms with Crippen molar-refractivity contribution in [1.82, 2.24) is 10.2 Å². The smallest absolute Gasteiger partial charge is 0.0701 e. The highest BCUT2D eigenvalue weighted by Crippen LogP contribution is 2.42. The fraction of sp³-hybridized carbons (Fsp3) is 0.750. The van der Waals surface area contributed by atoms with E-state index in [1.165, 1.54) is 60.3 Å². The first-order valence-electron chi connectivity index (χ1n) is 7.98. The number of piperazine rings is 1. The highest BCUT2D eigenvalue weighted by atomic mass is 79.9. The summed E-state index contributed by atoms with van der Waals surface area (Å²) in [5.41, 5.74) is 0.460. The Hall–Kier alpha value is 0.1000. The zero-order valence-electron chi connectivity index (χ0n) is 11.9. The summed E-state index contributed by atoms with van der Waals surface area (Å²) in [6, 6.07) is 5.25. The summed E-state index contributed by atoms with van der Waals surface area (Å²) < 4.78 is 1.27. The lowest BCUT2D eigenvalue weighted by molar-refractivity contribution is 0.0320. The van der Waals surface area contributed by atoms with Crippen LogP contribution in [0.3, 0.4) is 0 Å². The summed E-state index contributed by atoms with van der Waals surface area (Å²) in [7, 11) is 0. The molecule has 0 bridgehead atoms. The molecular formula is C16H23BrN2S. The van der Waals surface area contributed by atoms with Crippen molar-refractivity contribution in [3.05, 3.63) is 20.8 Å². The normalized spacial score (nSPS) is 30.1. The molecule has 3 fully saturated rings. The highest BCUT2D eigenvalue weighted by molar-refractivity contribution is 9.11. The van der Waals surface area contributed by atoms with Gasteiger partial charge in [-0.2, -0.15) is 0 Å². The second-order valence-corrected chi connectivity index (χ2v) is 9.39. The summed E-state index contributed by atoms with van der Waals surface area (Å²) in [6.45, 7) is 3.64. The van der Waals surface area contributed by atoms with Gasteiger partial charge in [-0.3, -0.25) is 4.90 Å². The molecule has 1 saturated heterocycles. The van der Waals surface area contributed by atoms with Gasteiger partial charge < -0.3 is 5.32 Å². The Morgan fingerprint density at radius 2 is 2.10 bits per heavy atom. The van der Waals surface area contributed by atoms with Crippen LogP contribution in [-0.2, 0) is 6.54 Å². The SMILES string of the molecule is Brc1ccc(CN2CC(C3CC3)NCC23CCCC3)s1. The van der Waals surface area contributed by atoms with Gasteiger partial charge in [0.1, 0.15) is 0 Å². The third-order valence-corrected chi connectivity index (χ3v) is 7.09. The third kappa shape index (κ3) is 2.60. The van der Waals surface area contributed by atoms with Gasteiger partial charge in [0.15, 0.2) is 0 Å². The molecule has 1 aliphatic heterocycles. The van der Waals surface area contributed by atoms with Crippen molar-refractivity contribution >= 4 is 27.3 Å². The van der Waals surface area contributed by atoms with Crippen molar-refractivity contribution < 1.29 is 0 Å². The van der Waals surface area contributed by atoms with E-state index in [0.29, 0.717) is 5.54 Å². The van der Waals surface area contributed by atoms with Crippen molar-refractivity contribution in [2.24, 2.45) is 5.92 Å². The number of hydrogen-bond donors (Lipinski definition) is 1. The molecule has 2 saturated carbocycles. The first-order chi connectivity index (χ1) is 9.75. The summed E-state index contributed by atoms with van der Waals surface area (Å²) in [4.78, 5) is 4.34. The minimum absolute atomic E-state index is 0.460. The predicted octanol–water partition coefficient (Wildman–Crippen LogP) is 4.01. The average Bonchev–Trinajstić information content (AvgIpc) is 3.05. The van der Waals surface area contributed by atoms with Crippen LogP contribution in [0.15, 0.2) is 15.9 Å². The number of nitrogens with zero attached hydrogens (tertiary/aromatic N) is 1. The second-order valence-electron chi connectivity index (χ2n) is 6.84. The molecule has 1 atom stereocenters. The van der Waals surface area contributed by atoms with Crippen molar-refractivity contribution in [1.29, 1.82) is 0 Å². The van der Waals surface area contributed by atoms with Gasteiger partial charge in [-0.05, 0) is 59.7 Å². The number of hydrogen-bond acceptors (Lipinski definition) is 3. The molecule has 0 aromatic carbocycles. The monoisotopic (exact) mass is 354 g/mol. The van der Waals surface area contributed by atoms with Crippen molar-refractivity contribution in [3.8, 4) is 0 Å². The predicted molar refractivity (Wildman–Crippen MR) is 88.1 cm³/mol. The van der Waals surface area contributed by atoms with Crippen LogP contribution in [0.5, 0.6) is 0 Å². The Balaban J connectivity index is 1.53. The van der Waals surface area contributed by atoms with Gasteiger partial charge >= 0.3 is 0 Å². The van der Waals surface area contributed by atoms with Crippen molar-refractivity contribution in [2.45, 2.75) is 56.7 Å². The van der Waals surface area contributed by atoms with E-state index in [1.807, 2.05) is 11.3 Å². The Labute approximate surface area is 134 Å². The van der Waals surface area contributed by atoms with Crippen LogP contribution in [0.2, 0.25) is 0 Å². The Morgan fingerprint density at radius 1 is 1.30 bits per heavy atom. The molecule has 0 amide bonds. The molecule has 1 aromatic heterocycles. The molecular weight excluding hydrogens is 332 g/mol. The number of nitrogens with one attached hydrogen (secondary N) is 1. The zero-order chi connectivity index (χ0) is 13.6. The lowest BCUT2D eigenvalue weighted by Crippen LogP contribution is -2.63. The molecule has 110 valence electrons. The number of rotatable bonds is 3. The molecule has 4 rings (SSSR count). The van der Waals surface area contributed by atoms with E-state index >= 15 is 0 Å². The van der Waals surface area contributed by atoms with E-state index in [2.05, 4.69) is 38.3 Å². The first kappa shape index (κ1) is 13.7. The molecule has 4 heteroatoms. The van der Waals surface area contributed by atoms with E-state index in [0.717, 1.165) is 18.5 Å². The van der Waals surface area contributed by atoms with Crippen LogP contribution in [-0.4, -0.2) is 29.6 Å². The summed E-state index contributed by atoms with van der Waals surface area (Å²) in [5, 5.41) is 3.89. The summed E-state index contributed by atoms with van der Waals surface area (Å²) in [5.74, 6) is 0.964. The largest absolute Gasteiger partial charge is 0.311 e. The molecule has 1 spiro atoms. The fourth-order valence-corrected chi connectivity index (χ4v) is 5.62. The third-order valence-electron chi connectivity index (χ3n) is 5.48. The molecule has 2 heterocycles. The topological polar surface area (TPSA) is 15.3 Å². The Bertz CT molecular complexity index is 477. The lowest BCUT2D eigenvalue weighted by Gasteiger charge is -2.48. The molecule has 1 aromatic rings. The lowest BCUT2D eigenvalue weighted by atomic mass is 9.90. The van der Waals surface area contributed by atoms with Gasteiger partial charge in [0.05, 0.1) is 3.79 Å². The highest BCUT2D eigenvalue weighted by Gasteiger charge is 2.46. The number of thiophene rings is 1. The summed E-state index contributed by atoms with van der Waals surface area (Å²) >= 11 is 5.51. The van der Waals surface area contributed by atoms with E-state index in [-0.39, 0.29) is 0 Å². The Kier molecular flexibility index (Phi) is 3.70. The van der Waals surface area contributed by atoms with Crippen LogP contribution >= 0.6 is 27.3 Å². The molecule has 3 aliphatic rings. The zero-order valence-corrected chi connectivity index (χ0v) is 14.3. The molecule has 2 nitrogen and oxygen atoms in total. The van der Waals surface area contributed by atoms with Crippen molar-refractivity contribution in [2.75, 3.05) is 13.1 Å². The molecule has 1 N–H and O–H groups in total. The van der Waals surface area contributed by atoms with E-state index < -0.39 is 0 Å². The van der Waals surface area contributed by atoms with Gasteiger partial charge in [-0.25, -0.2) is 0 Å². The molecule has 0 radical (unpaired) electrons. The average molecular weight is 355 g/mol. The van der Waals surface area contributed by atoms with Gasteiger partial charge in [0.25, 0.3) is 0 Å². The van der Waals surface area contributed by atoms with Gasteiger partial charge in [-0.1, -0.05) is 12.8 Å². The van der Waals surface area contributed by atoms with E-state index in [1.54, 1.807) is 0 Å². The van der Waals surface area contributed by atoms with E-state index in [4.69, 9.17) is 0 Å². The second kappa shape index (κ2) is 5.38. The first-order valence-corrected chi connectivity index (χ1v) is 9.59. The minimum atomic E-state index is 0.460. The van der Waals surface area contributed by atoms with E-state index in [9.17, 15) is 0 Å². The van der Waals surface area contributed by atoms with Gasteiger partial charge in [-0.15, -0.1) is 11.3 Å². The quantitative estimate of drug-likeness (QED) is 0.882. The maximum atomic E-state index is 3.89. The number of halogens is 1. The standard InChI is InChI=1S/C16H23BrN2S/c17-15-6-5-13(20-15)9-19-10-14(12-3-4-12)18-11-16(19)7-1-2-8-16/h5-6,12,14,18H,1-4,7-11H2. The van der Waals surface area contributed by atoms with Crippen molar-refractivity contribution in [3.63, 3.8) is 0 Å². The van der Waals surface area contributed by atoms with Crippen LogP contribution in [0.4, 0.5) is 0 Å². The summed E-state index contributed by atoms with van der Waals surface area (Å²) in [6.07, 6.45) is 8.51. The fourth-order valence-electron chi connectivity index (χ4n) is 4.13. The molecule has 1 unspecified atom stereocenters. The maximum Gasteiger partial charge on any atom is 0.0701 e. The van der Waals surface area contributed by atoms with Gasteiger partial charge in [0, 0.05) is 36.1 Å². The van der Waals surface area contributed by atoms with Crippen LogP contribution in [0.25, 0.3) is 0 Å². The molecule has 20 heavy (non-hydrogen) atoms.